The van der Waals surface area contributed by atoms with Gasteiger partial charge < -0.3 is 21.5 Å². The minimum atomic E-state index is -1.07. The molecule has 0 aromatic heterocycles. The summed E-state index contributed by atoms with van der Waals surface area (Å²) in [6, 6.07) is -1.96. The Morgan fingerprint density at radius 3 is 2.59 bits per heavy atom. The average Bonchev–Trinajstić information content (AvgIpc) is 2.58. The number of primary amides is 1. The highest BCUT2D eigenvalue weighted by Crippen LogP contribution is 2.29. The Kier molecular flexibility index (Phi) is 4.35. The predicted molar refractivity (Wildman–Crippen MR) is 62.0 cm³/mol. The van der Waals surface area contributed by atoms with Gasteiger partial charge in [-0.2, -0.15) is 0 Å². The standard InChI is InChI=1S/C9H15N3O4S/c1-4-12(6(3-17-4)9(15)16)8(14)5(10)2-7(11)13/h4-6H,2-3,10H2,1H3,(H2,11,13)(H,15,16). The van der Waals surface area contributed by atoms with Crippen LogP contribution < -0.4 is 11.5 Å². The molecule has 1 heterocycles. The number of carbonyl (C=O) groups is 3. The number of carboxylic acid groups (broad SMARTS) is 1. The average molecular weight is 261 g/mol. The van der Waals surface area contributed by atoms with Crippen LogP contribution in [-0.4, -0.2) is 51.0 Å². The summed E-state index contributed by atoms with van der Waals surface area (Å²) in [7, 11) is 0. The molecule has 0 saturated carbocycles. The second kappa shape index (κ2) is 5.37. The Morgan fingerprint density at radius 1 is 1.53 bits per heavy atom. The molecule has 0 aromatic rings. The second-order valence-corrected chi connectivity index (χ2v) is 5.16. The maximum atomic E-state index is 11.9. The fourth-order valence-corrected chi connectivity index (χ4v) is 2.84. The zero-order valence-corrected chi connectivity index (χ0v) is 10.1. The van der Waals surface area contributed by atoms with Gasteiger partial charge in [0.15, 0.2) is 0 Å². The number of hydrogen-bond acceptors (Lipinski definition) is 5. The normalized spacial score (nSPS) is 25.6. The van der Waals surface area contributed by atoms with Crippen molar-refractivity contribution >= 4 is 29.5 Å². The summed E-state index contributed by atoms with van der Waals surface area (Å²) in [5.41, 5.74) is 10.5. The van der Waals surface area contributed by atoms with E-state index in [2.05, 4.69) is 0 Å². The van der Waals surface area contributed by atoms with E-state index in [0.717, 1.165) is 0 Å². The molecule has 17 heavy (non-hydrogen) atoms. The van der Waals surface area contributed by atoms with Crippen molar-refractivity contribution in [2.24, 2.45) is 11.5 Å². The molecule has 96 valence electrons. The Bertz CT molecular complexity index is 349. The number of carboxylic acids is 1. The quantitative estimate of drug-likeness (QED) is 0.569. The maximum absolute atomic E-state index is 11.9. The van der Waals surface area contributed by atoms with E-state index in [1.165, 1.54) is 16.7 Å². The van der Waals surface area contributed by atoms with Gasteiger partial charge in [0.05, 0.1) is 17.8 Å². The van der Waals surface area contributed by atoms with Crippen molar-refractivity contribution in [1.29, 1.82) is 0 Å². The third-order valence-electron chi connectivity index (χ3n) is 2.50. The van der Waals surface area contributed by atoms with Crippen molar-refractivity contribution in [3.05, 3.63) is 0 Å². The maximum Gasteiger partial charge on any atom is 0.327 e. The molecule has 8 heteroatoms. The fraction of sp³-hybridized carbons (Fsp3) is 0.667. The predicted octanol–water partition coefficient (Wildman–Crippen LogP) is -1.44. The van der Waals surface area contributed by atoms with Gasteiger partial charge in [0.2, 0.25) is 11.8 Å². The molecule has 1 rings (SSSR count). The van der Waals surface area contributed by atoms with Gasteiger partial charge in [0, 0.05) is 5.75 Å². The third-order valence-corrected chi connectivity index (χ3v) is 3.72. The van der Waals surface area contributed by atoms with Gasteiger partial charge in [-0.1, -0.05) is 0 Å². The molecule has 1 aliphatic heterocycles. The van der Waals surface area contributed by atoms with E-state index in [1.807, 2.05) is 0 Å². The molecule has 1 saturated heterocycles. The first-order valence-electron chi connectivity index (χ1n) is 5.05. The lowest BCUT2D eigenvalue weighted by Crippen LogP contribution is -2.52. The van der Waals surface area contributed by atoms with E-state index >= 15 is 0 Å². The molecule has 1 fully saturated rings. The van der Waals surface area contributed by atoms with Crippen LogP contribution in [0, 0.1) is 0 Å². The summed E-state index contributed by atoms with van der Waals surface area (Å²) in [5.74, 6) is -1.97. The van der Waals surface area contributed by atoms with Crippen molar-refractivity contribution in [3.63, 3.8) is 0 Å². The number of nitrogens with two attached hydrogens (primary N) is 2. The number of carbonyl (C=O) groups excluding carboxylic acids is 2. The van der Waals surface area contributed by atoms with Crippen molar-refractivity contribution < 1.29 is 19.5 Å². The zero-order valence-electron chi connectivity index (χ0n) is 9.33. The van der Waals surface area contributed by atoms with Crippen LogP contribution in [0.4, 0.5) is 0 Å². The number of aliphatic carboxylic acids is 1. The summed E-state index contributed by atoms with van der Waals surface area (Å²) < 4.78 is 0. The number of amides is 2. The Morgan fingerprint density at radius 2 is 2.12 bits per heavy atom. The van der Waals surface area contributed by atoms with Crippen LogP contribution in [-0.2, 0) is 14.4 Å². The Labute approximate surface area is 102 Å². The second-order valence-electron chi connectivity index (χ2n) is 3.81. The number of thioether (sulfide) groups is 1. The summed E-state index contributed by atoms with van der Waals surface area (Å²) in [4.78, 5) is 34.8. The molecule has 0 spiro atoms. The van der Waals surface area contributed by atoms with Crippen LogP contribution in [0.5, 0.6) is 0 Å². The highest BCUT2D eigenvalue weighted by Gasteiger charge is 2.41. The number of hydrogen-bond donors (Lipinski definition) is 3. The molecule has 5 N–H and O–H groups in total. The van der Waals surface area contributed by atoms with Crippen LogP contribution >= 0.6 is 11.8 Å². The van der Waals surface area contributed by atoms with Gasteiger partial charge in [0.25, 0.3) is 0 Å². The summed E-state index contributed by atoms with van der Waals surface area (Å²) in [6.07, 6.45) is -0.279. The monoisotopic (exact) mass is 261 g/mol. The molecular weight excluding hydrogens is 246 g/mol. The molecule has 7 nitrogen and oxygen atoms in total. The summed E-state index contributed by atoms with van der Waals surface area (Å²) in [5, 5.41) is 8.71. The largest absolute Gasteiger partial charge is 0.480 e. The smallest absolute Gasteiger partial charge is 0.327 e. The molecule has 1 aliphatic rings. The highest BCUT2D eigenvalue weighted by atomic mass is 32.2. The summed E-state index contributed by atoms with van der Waals surface area (Å²) in [6.45, 7) is 1.72. The highest BCUT2D eigenvalue weighted by molar-refractivity contribution is 8.00. The van der Waals surface area contributed by atoms with E-state index in [-0.39, 0.29) is 11.8 Å². The van der Waals surface area contributed by atoms with Crippen LogP contribution in [0.25, 0.3) is 0 Å². The molecule has 0 bridgehead atoms. The van der Waals surface area contributed by atoms with Crippen molar-refractivity contribution in [2.75, 3.05) is 5.75 Å². The van der Waals surface area contributed by atoms with Gasteiger partial charge in [-0.25, -0.2) is 4.79 Å². The number of rotatable bonds is 4. The topological polar surface area (TPSA) is 127 Å². The van der Waals surface area contributed by atoms with Gasteiger partial charge in [-0.05, 0) is 6.92 Å². The van der Waals surface area contributed by atoms with E-state index in [0.29, 0.717) is 5.75 Å². The van der Waals surface area contributed by atoms with E-state index < -0.39 is 29.9 Å². The van der Waals surface area contributed by atoms with Crippen molar-refractivity contribution in [3.8, 4) is 0 Å². The third kappa shape index (κ3) is 3.10. The van der Waals surface area contributed by atoms with Gasteiger partial charge in [-0.3, -0.25) is 9.59 Å². The lowest BCUT2D eigenvalue weighted by molar-refractivity contribution is -0.149. The van der Waals surface area contributed by atoms with E-state index in [9.17, 15) is 14.4 Å². The molecule has 2 amide bonds. The summed E-state index contributed by atoms with van der Waals surface area (Å²) >= 11 is 1.36. The first-order valence-corrected chi connectivity index (χ1v) is 6.10. The molecule has 0 aromatic carbocycles. The van der Waals surface area contributed by atoms with Crippen molar-refractivity contribution in [1.82, 2.24) is 4.90 Å². The van der Waals surface area contributed by atoms with Crippen LogP contribution in [0.15, 0.2) is 0 Å². The first-order chi connectivity index (χ1) is 7.84. The van der Waals surface area contributed by atoms with Crippen molar-refractivity contribution in [2.45, 2.75) is 30.8 Å². The van der Waals surface area contributed by atoms with Crippen LogP contribution in [0.3, 0.4) is 0 Å². The molecular formula is C9H15N3O4S. The molecule has 0 radical (unpaired) electrons. The lowest BCUT2D eigenvalue weighted by atomic mass is 10.1. The van der Waals surface area contributed by atoms with Crippen LogP contribution in [0.2, 0.25) is 0 Å². The Hall–Kier alpha value is -1.28. The van der Waals surface area contributed by atoms with Gasteiger partial charge >= 0.3 is 5.97 Å². The first kappa shape index (κ1) is 13.8. The molecule has 3 unspecified atom stereocenters. The minimum Gasteiger partial charge on any atom is -0.480 e. The molecule has 3 atom stereocenters. The SMILES string of the molecule is CC1SCC(C(=O)O)N1C(=O)C(N)CC(N)=O. The van der Waals surface area contributed by atoms with Gasteiger partial charge in [0.1, 0.15) is 6.04 Å². The van der Waals surface area contributed by atoms with E-state index in [1.54, 1.807) is 6.92 Å². The van der Waals surface area contributed by atoms with Crippen LogP contribution in [0.1, 0.15) is 13.3 Å². The fourth-order valence-electron chi connectivity index (χ4n) is 1.66. The molecule has 0 aliphatic carbocycles. The number of nitrogens with zero attached hydrogens (tertiary/aromatic N) is 1. The van der Waals surface area contributed by atoms with Gasteiger partial charge in [-0.15, -0.1) is 11.8 Å². The lowest BCUT2D eigenvalue weighted by Gasteiger charge is -2.27. The van der Waals surface area contributed by atoms with E-state index in [4.69, 9.17) is 16.6 Å². The zero-order chi connectivity index (χ0) is 13.2. The Balaban J connectivity index is 2.78. The minimum absolute atomic E-state index is 0.262.